The number of thioether (sulfide) groups is 1. The van der Waals surface area contributed by atoms with E-state index < -0.39 is 5.25 Å². The number of benzene rings is 2. The minimum Gasteiger partial charge on any atom is -0.340 e. The van der Waals surface area contributed by atoms with Gasteiger partial charge in [-0.25, -0.2) is 0 Å². The summed E-state index contributed by atoms with van der Waals surface area (Å²) in [7, 11) is 0. The Balaban J connectivity index is 1.40. The Morgan fingerprint density at radius 1 is 1.17 bits per heavy atom. The van der Waals surface area contributed by atoms with Crippen molar-refractivity contribution in [1.82, 2.24) is 4.90 Å². The van der Waals surface area contributed by atoms with Crippen molar-refractivity contribution >= 4 is 40.9 Å². The number of likely N-dealkylation sites (tertiary alicyclic amines) is 1. The summed E-state index contributed by atoms with van der Waals surface area (Å²) >= 11 is 1.28. The molecule has 2 N–H and O–H groups in total. The van der Waals surface area contributed by atoms with Crippen LogP contribution in [0.5, 0.6) is 0 Å². The molecule has 6 nitrogen and oxygen atoms in total. The van der Waals surface area contributed by atoms with Gasteiger partial charge in [0.1, 0.15) is 0 Å². The molecule has 7 heteroatoms. The number of rotatable bonds is 4. The highest BCUT2D eigenvalue weighted by Gasteiger charge is 2.38. The Bertz CT molecular complexity index is 960. The van der Waals surface area contributed by atoms with Gasteiger partial charge in [-0.1, -0.05) is 31.2 Å². The molecule has 0 aromatic heterocycles. The number of fused-ring (bicyclic) bond motifs is 1. The number of piperidine rings is 1. The zero-order valence-electron chi connectivity index (χ0n) is 16.9. The summed E-state index contributed by atoms with van der Waals surface area (Å²) in [5, 5.41) is 4.97. The first kappa shape index (κ1) is 20.5. The molecule has 2 atom stereocenters. The lowest BCUT2D eigenvalue weighted by Crippen LogP contribution is -2.50. The summed E-state index contributed by atoms with van der Waals surface area (Å²) in [5.41, 5.74) is 2.72. The van der Waals surface area contributed by atoms with Gasteiger partial charge in [0.25, 0.3) is 0 Å². The summed E-state index contributed by atoms with van der Waals surface area (Å²) in [6, 6.07) is 15.3. The maximum atomic E-state index is 13.1. The van der Waals surface area contributed by atoms with E-state index in [2.05, 4.69) is 17.6 Å². The predicted molar refractivity (Wildman–Crippen MR) is 118 cm³/mol. The molecule has 3 amide bonds. The first-order chi connectivity index (χ1) is 14.5. The summed E-state index contributed by atoms with van der Waals surface area (Å²) in [6.07, 6.45) is 2.43. The second-order valence-electron chi connectivity index (χ2n) is 7.65. The van der Waals surface area contributed by atoms with Gasteiger partial charge >= 0.3 is 0 Å². The minimum atomic E-state index is -0.816. The smallest absolute Gasteiger partial charge is 0.247 e. The van der Waals surface area contributed by atoms with Gasteiger partial charge in [-0.3, -0.25) is 14.4 Å². The predicted octanol–water partition coefficient (Wildman–Crippen LogP) is 3.54. The molecule has 2 aliphatic heterocycles. The molecule has 1 fully saturated rings. The van der Waals surface area contributed by atoms with Crippen LogP contribution in [0.4, 0.5) is 11.4 Å². The number of carbonyl (C=O) groups is 3. The zero-order chi connectivity index (χ0) is 21.1. The molecule has 30 heavy (non-hydrogen) atoms. The van der Waals surface area contributed by atoms with E-state index in [1.165, 1.54) is 17.3 Å². The summed E-state index contributed by atoms with van der Waals surface area (Å²) < 4.78 is 0. The molecule has 0 aliphatic carbocycles. The summed E-state index contributed by atoms with van der Waals surface area (Å²) in [6.45, 7) is 2.99. The summed E-state index contributed by atoms with van der Waals surface area (Å²) in [4.78, 5) is 40.9. The molecule has 2 unspecified atom stereocenters. The largest absolute Gasteiger partial charge is 0.340 e. The van der Waals surface area contributed by atoms with Crippen molar-refractivity contribution in [3.05, 3.63) is 54.1 Å². The van der Waals surface area contributed by atoms with Gasteiger partial charge < -0.3 is 15.5 Å². The fraction of sp³-hybridized carbons (Fsp3) is 0.348. The van der Waals surface area contributed by atoms with Crippen LogP contribution < -0.4 is 10.6 Å². The second-order valence-corrected chi connectivity index (χ2v) is 8.79. The molecule has 2 aliphatic rings. The first-order valence-electron chi connectivity index (χ1n) is 10.3. The maximum Gasteiger partial charge on any atom is 0.247 e. The van der Waals surface area contributed by atoms with Crippen molar-refractivity contribution in [2.75, 3.05) is 23.7 Å². The van der Waals surface area contributed by atoms with Crippen molar-refractivity contribution in [2.45, 2.75) is 36.3 Å². The van der Waals surface area contributed by atoms with Crippen LogP contribution in [0.2, 0.25) is 0 Å². The van der Waals surface area contributed by atoms with E-state index in [0.29, 0.717) is 13.1 Å². The molecule has 2 aromatic carbocycles. The lowest BCUT2D eigenvalue weighted by atomic mass is 9.96. The molecule has 0 bridgehead atoms. The Morgan fingerprint density at radius 2 is 1.93 bits per heavy atom. The van der Waals surface area contributed by atoms with Crippen LogP contribution in [0.15, 0.2) is 53.4 Å². The van der Waals surface area contributed by atoms with Crippen LogP contribution in [0.1, 0.15) is 25.3 Å². The third-order valence-electron chi connectivity index (χ3n) is 5.59. The average molecular weight is 424 g/mol. The molecular formula is C23H25N3O3S. The number of nitrogens with one attached hydrogen (secondary N) is 2. The molecule has 2 heterocycles. The third kappa shape index (κ3) is 4.36. The van der Waals surface area contributed by atoms with Crippen LogP contribution >= 0.6 is 11.8 Å². The molecular weight excluding hydrogens is 398 g/mol. The SMILES string of the molecule is CCc1ccc(NC(=O)C2CCCN(C(=O)C3Sc4ccccc4NC3=O)C2)cc1. The summed E-state index contributed by atoms with van der Waals surface area (Å²) in [5.74, 6) is -0.886. The number of aryl methyl sites for hydroxylation is 1. The molecule has 2 aromatic rings. The maximum absolute atomic E-state index is 13.1. The van der Waals surface area contributed by atoms with E-state index in [-0.39, 0.29) is 23.6 Å². The van der Waals surface area contributed by atoms with Crippen LogP contribution in [0.25, 0.3) is 0 Å². The average Bonchev–Trinajstić information content (AvgIpc) is 2.78. The number of carbonyl (C=O) groups excluding carboxylic acids is 3. The van der Waals surface area contributed by atoms with Crippen LogP contribution in [0, 0.1) is 5.92 Å². The van der Waals surface area contributed by atoms with Gasteiger partial charge in [-0.05, 0) is 49.1 Å². The molecule has 0 radical (unpaired) electrons. The number of hydrogen-bond acceptors (Lipinski definition) is 4. The van der Waals surface area contributed by atoms with E-state index in [1.54, 1.807) is 4.90 Å². The van der Waals surface area contributed by atoms with E-state index in [4.69, 9.17) is 0 Å². The van der Waals surface area contributed by atoms with Crippen molar-refractivity contribution < 1.29 is 14.4 Å². The molecule has 156 valence electrons. The van der Waals surface area contributed by atoms with E-state index in [9.17, 15) is 14.4 Å². The quantitative estimate of drug-likeness (QED) is 0.738. The topological polar surface area (TPSA) is 78.5 Å². The zero-order valence-corrected chi connectivity index (χ0v) is 17.7. The normalized spacial score (nSPS) is 20.8. The molecule has 4 rings (SSSR count). The van der Waals surface area contributed by atoms with Crippen molar-refractivity contribution in [3.8, 4) is 0 Å². The molecule has 1 saturated heterocycles. The van der Waals surface area contributed by atoms with Crippen LogP contribution in [0.3, 0.4) is 0 Å². The Labute approximate surface area is 180 Å². The fourth-order valence-corrected chi connectivity index (χ4v) is 4.91. The number of nitrogens with zero attached hydrogens (tertiary/aromatic N) is 1. The van der Waals surface area contributed by atoms with Crippen molar-refractivity contribution in [3.63, 3.8) is 0 Å². The third-order valence-corrected chi connectivity index (χ3v) is 6.85. The van der Waals surface area contributed by atoms with Crippen molar-refractivity contribution in [2.24, 2.45) is 5.92 Å². The highest BCUT2D eigenvalue weighted by atomic mass is 32.2. The number of para-hydroxylation sites is 1. The van der Waals surface area contributed by atoms with Gasteiger partial charge in [0.2, 0.25) is 17.7 Å². The highest BCUT2D eigenvalue weighted by molar-refractivity contribution is 8.01. The number of anilines is 2. The van der Waals surface area contributed by atoms with Gasteiger partial charge in [0.05, 0.1) is 11.6 Å². The van der Waals surface area contributed by atoms with E-state index in [1.807, 2.05) is 48.5 Å². The van der Waals surface area contributed by atoms with Gasteiger partial charge in [0, 0.05) is 23.7 Å². The van der Waals surface area contributed by atoms with Crippen molar-refractivity contribution in [1.29, 1.82) is 0 Å². The number of amides is 3. The number of hydrogen-bond donors (Lipinski definition) is 2. The van der Waals surface area contributed by atoms with Gasteiger partial charge in [0.15, 0.2) is 5.25 Å². The van der Waals surface area contributed by atoms with Crippen LogP contribution in [-0.2, 0) is 20.8 Å². The Morgan fingerprint density at radius 3 is 2.70 bits per heavy atom. The van der Waals surface area contributed by atoms with Gasteiger partial charge in [-0.15, -0.1) is 11.8 Å². The van der Waals surface area contributed by atoms with E-state index >= 15 is 0 Å². The Kier molecular flexibility index (Phi) is 6.08. The monoisotopic (exact) mass is 423 g/mol. The first-order valence-corrected chi connectivity index (χ1v) is 11.2. The molecule has 0 saturated carbocycles. The highest BCUT2D eigenvalue weighted by Crippen LogP contribution is 2.36. The fourth-order valence-electron chi connectivity index (χ4n) is 3.84. The van der Waals surface area contributed by atoms with Crippen LogP contribution in [-0.4, -0.2) is 41.0 Å². The molecule has 0 spiro atoms. The Hall–Kier alpha value is -2.80. The lowest BCUT2D eigenvalue weighted by molar-refractivity contribution is -0.136. The standard InChI is InChI=1S/C23H25N3O3S/c1-2-15-9-11-17(12-10-15)24-21(27)16-6-5-13-26(14-16)23(29)20-22(28)25-18-7-3-4-8-19(18)30-20/h3-4,7-12,16,20H,2,5-6,13-14H2,1H3,(H,24,27)(H,25,28). The minimum absolute atomic E-state index is 0.0807. The second kappa shape index (κ2) is 8.92. The van der Waals surface area contributed by atoms with E-state index in [0.717, 1.165) is 35.5 Å². The van der Waals surface area contributed by atoms with Gasteiger partial charge in [-0.2, -0.15) is 0 Å². The lowest BCUT2D eigenvalue weighted by Gasteiger charge is -2.35.